The molecule has 8 nitrogen and oxygen atoms in total. The molecular weight excluding hydrogens is 316 g/mol. The first-order chi connectivity index (χ1) is 11.2. The van der Waals surface area contributed by atoms with Crippen molar-refractivity contribution in [3.63, 3.8) is 0 Å². The van der Waals surface area contributed by atoms with Crippen LogP contribution in [0.5, 0.6) is 0 Å². The lowest BCUT2D eigenvalue weighted by Gasteiger charge is -2.28. The van der Waals surface area contributed by atoms with Crippen LogP contribution >= 0.6 is 0 Å². The molecule has 1 aromatic rings. The molecule has 0 aliphatic carbocycles. The third-order valence-corrected chi connectivity index (χ3v) is 2.86. The van der Waals surface area contributed by atoms with E-state index in [2.05, 4.69) is 5.32 Å². The molecule has 0 heterocycles. The molecule has 24 heavy (non-hydrogen) atoms. The number of rotatable bonds is 6. The summed E-state index contributed by atoms with van der Waals surface area (Å²) < 4.78 is 5.02. The number of carbonyl (C=O) groups is 3. The number of aliphatic hydroxyl groups is 1. The zero-order valence-electron chi connectivity index (χ0n) is 13.9. The van der Waals surface area contributed by atoms with E-state index < -0.39 is 42.8 Å². The molecule has 1 aromatic carbocycles. The van der Waals surface area contributed by atoms with E-state index >= 15 is 0 Å². The van der Waals surface area contributed by atoms with Crippen LogP contribution < -0.4 is 10.2 Å². The van der Waals surface area contributed by atoms with Gasteiger partial charge >= 0.3 is 12.1 Å². The number of amides is 2. The van der Waals surface area contributed by atoms with Crippen molar-refractivity contribution in [3.8, 4) is 0 Å². The number of carboxylic acids is 1. The van der Waals surface area contributed by atoms with E-state index in [1.165, 1.54) is 12.1 Å². The average Bonchev–Trinajstić information content (AvgIpc) is 2.49. The SMILES string of the molecule is CC(C)(C)OC(=O)NCC(=O)N(c1ccccc1)C(CO)C(=O)O. The molecule has 3 N–H and O–H groups in total. The van der Waals surface area contributed by atoms with Gasteiger partial charge in [-0.05, 0) is 32.9 Å². The van der Waals surface area contributed by atoms with Crippen LogP contribution in [0.3, 0.4) is 0 Å². The van der Waals surface area contributed by atoms with Gasteiger partial charge in [-0.15, -0.1) is 0 Å². The number of hydrogen-bond donors (Lipinski definition) is 3. The molecule has 2 amide bonds. The molecule has 0 aromatic heterocycles. The second-order valence-electron chi connectivity index (χ2n) is 5.99. The Bertz CT molecular complexity index is 582. The molecule has 0 fully saturated rings. The maximum atomic E-state index is 12.4. The highest BCUT2D eigenvalue weighted by Crippen LogP contribution is 2.17. The number of carbonyl (C=O) groups excluding carboxylic acids is 2. The van der Waals surface area contributed by atoms with E-state index in [1.54, 1.807) is 39.0 Å². The zero-order chi connectivity index (χ0) is 18.3. The van der Waals surface area contributed by atoms with Crippen molar-refractivity contribution >= 4 is 23.7 Å². The fourth-order valence-corrected chi connectivity index (χ4v) is 1.90. The quantitative estimate of drug-likeness (QED) is 0.712. The highest BCUT2D eigenvalue weighted by molar-refractivity contribution is 6.01. The van der Waals surface area contributed by atoms with Crippen molar-refractivity contribution in [2.75, 3.05) is 18.1 Å². The molecule has 0 saturated carbocycles. The Morgan fingerprint density at radius 2 is 1.79 bits per heavy atom. The molecule has 0 bridgehead atoms. The van der Waals surface area contributed by atoms with Gasteiger partial charge in [0.05, 0.1) is 6.61 Å². The van der Waals surface area contributed by atoms with Crippen LogP contribution in [-0.2, 0) is 14.3 Å². The molecule has 0 saturated heterocycles. The third kappa shape index (κ3) is 5.88. The lowest BCUT2D eigenvalue weighted by Crippen LogP contribution is -2.51. The number of ether oxygens (including phenoxy) is 1. The molecule has 132 valence electrons. The summed E-state index contributed by atoms with van der Waals surface area (Å²) in [5, 5.41) is 20.8. The molecule has 1 atom stereocenters. The van der Waals surface area contributed by atoms with Crippen LogP contribution in [0, 0.1) is 0 Å². The van der Waals surface area contributed by atoms with E-state index in [0.29, 0.717) is 5.69 Å². The van der Waals surface area contributed by atoms with E-state index in [0.717, 1.165) is 4.90 Å². The summed E-state index contributed by atoms with van der Waals surface area (Å²) in [6, 6.07) is 6.59. The third-order valence-electron chi connectivity index (χ3n) is 2.86. The highest BCUT2D eigenvalue weighted by atomic mass is 16.6. The smallest absolute Gasteiger partial charge is 0.408 e. The van der Waals surface area contributed by atoms with Crippen LogP contribution in [-0.4, -0.2) is 53.0 Å². The van der Waals surface area contributed by atoms with E-state index in [1.807, 2.05) is 0 Å². The maximum Gasteiger partial charge on any atom is 0.408 e. The van der Waals surface area contributed by atoms with Crippen molar-refractivity contribution in [1.29, 1.82) is 0 Å². The minimum atomic E-state index is -1.46. The standard InChI is InChI=1S/C16H22N2O6/c1-16(2,3)24-15(23)17-9-13(20)18(12(10-19)14(21)22)11-7-5-4-6-8-11/h4-8,12,19H,9-10H2,1-3H3,(H,17,23)(H,21,22). The number of alkyl carbamates (subject to hydrolysis) is 1. The van der Waals surface area contributed by atoms with Crippen molar-refractivity contribution in [2.24, 2.45) is 0 Å². The second-order valence-corrected chi connectivity index (χ2v) is 5.99. The van der Waals surface area contributed by atoms with Crippen LogP contribution in [0.2, 0.25) is 0 Å². The Labute approximate surface area is 140 Å². The maximum absolute atomic E-state index is 12.4. The number of aliphatic carboxylic acids is 1. The van der Waals surface area contributed by atoms with Gasteiger partial charge in [0.25, 0.3) is 0 Å². The highest BCUT2D eigenvalue weighted by Gasteiger charge is 2.30. The molecule has 0 aliphatic rings. The number of anilines is 1. The molecule has 8 heteroatoms. The van der Waals surface area contributed by atoms with Crippen LogP contribution in [0.4, 0.5) is 10.5 Å². The first kappa shape index (κ1) is 19.4. The number of benzene rings is 1. The molecule has 0 spiro atoms. The molecular formula is C16H22N2O6. The predicted octanol–water partition coefficient (Wildman–Crippen LogP) is 0.990. The molecule has 1 unspecified atom stereocenters. The largest absolute Gasteiger partial charge is 0.480 e. The van der Waals surface area contributed by atoms with Gasteiger partial charge in [-0.3, -0.25) is 9.69 Å². The van der Waals surface area contributed by atoms with Gasteiger partial charge in [0, 0.05) is 5.69 Å². The Balaban J connectivity index is 2.89. The number of hydrogen-bond acceptors (Lipinski definition) is 5. The zero-order valence-corrected chi connectivity index (χ0v) is 13.9. The topological polar surface area (TPSA) is 116 Å². The summed E-state index contributed by atoms with van der Waals surface area (Å²) >= 11 is 0. The monoisotopic (exact) mass is 338 g/mol. The van der Waals surface area contributed by atoms with Gasteiger partial charge in [-0.1, -0.05) is 18.2 Å². The minimum Gasteiger partial charge on any atom is -0.480 e. The summed E-state index contributed by atoms with van der Waals surface area (Å²) in [6.07, 6.45) is -0.792. The fourth-order valence-electron chi connectivity index (χ4n) is 1.90. The number of aliphatic hydroxyl groups excluding tert-OH is 1. The Morgan fingerprint density at radius 3 is 2.25 bits per heavy atom. The van der Waals surface area contributed by atoms with Gasteiger partial charge in [0.15, 0.2) is 6.04 Å². The van der Waals surface area contributed by atoms with Gasteiger partial charge in [0.2, 0.25) is 5.91 Å². The van der Waals surface area contributed by atoms with E-state index in [9.17, 15) is 24.6 Å². The first-order valence-electron chi connectivity index (χ1n) is 7.33. The second kappa shape index (κ2) is 8.30. The first-order valence-corrected chi connectivity index (χ1v) is 7.33. The molecule has 1 rings (SSSR count). The summed E-state index contributed by atoms with van der Waals surface area (Å²) in [5.74, 6) is -2.04. The van der Waals surface area contributed by atoms with Crippen molar-refractivity contribution in [3.05, 3.63) is 30.3 Å². The average molecular weight is 338 g/mol. The Hall–Kier alpha value is -2.61. The van der Waals surface area contributed by atoms with Crippen LogP contribution in [0.25, 0.3) is 0 Å². The number of para-hydroxylation sites is 1. The lowest BCUT2D eigenvalue weighted by molar-refractivity contribution is -0.141. The van der Waals surface area contributed by atoms with Gasteiger partial charge in [-0.2, -0.15) is 0 Å². The summed E-state index contributed by atoms with van der Waals surface area (Å²) in [5.41, 5.74) is -0.420. The van der Waals surface area contributed by atoms with E-state index in [-0.39, 0.29) is 0 Å². The molecule has 0 radical (unpaired) electrons. The van der Waals surface area contributed by atoms with Gasteiger partial charge in [0.1, 0.15) is 12.1 Å². The van der Waals surface area contributed by atoms with Gasteiger partial charge in [-0.25, -0.2) is 9.59 Å². The van der Waals surface area contributed by atoms with Crippen molar-refractivity contribution < 1.29 is 29.3 Å². The van der Waals surface area contributed by atoms with Crippen molar-refractivity contribution in [2.45, 2.75) is 32.4 Å². The summed E-state index contributed by atoms with van der Waals surface area (Å²) in [7, 11) is 0. The molecule has 0 aliphatic heterocycles. The fraction of sp³-hybridized carbons (Fsp3) is 0.438. The predicted molar refractivity (Wildman–Crippen MR) is 86.7 cm³/mol. The summed E-state index contributed by atoms with van der Waals surface area (Å²) in [4.78, 5) is 36.3. The number of nitrogens with zero attached hydrogens (tertiary/aromatic N) is 1. The number of carboxylic acid groups (broad SMARTS) is 1. The normalized spacial score (nSPS) is 12.2. The Morgan fingerprint density at radius 1 is 1.21 bits per heavy atom. The minimum absolute atomic E-state index is 0.301. The van der Waals surface area contributed by atoms with Crippen LogP contribution in [0.1, 0.15) is 20.8 Å². The Kier molecular flexibility index (Phi) is 6.72. The number of nitrogens with one attached hydrogen (secondary N) is 1. The van der Waals surface area contributed by atoms with Crippen LogP contribution in [0.15, 0.2) is 30.3 Å². The van der Waals surface area contributed by atoms with E-state index in [4.69, 9.17) is 4.74 Å². The van der Waals surface area contributed by atoms with Crippen molar-refractivity contribution in [1.82, 2.24) is 5.32 Å². The van der Waals surface area contributed by atoms with Gasteiger partial charge < -0.3 is 20.3 Å². The summed E-state index contributed by atoms with van der Waals surface area (Å²) in [6.45, 7) is 3.81. The lowest BCUT2D eigenvalue weighted by atomic mass is 10.2.